The molecule has 0 saturated carbocycles. The number of amides is 2. The first-order valence-electron chi connectivity index (χ1n) is 10.9. The highest BCUT2D eigenvalue weighted by Crippen LogP contribution is 2.27. The molecule has 168 valence electrons. The van der Waals surface area contributed by atoms with E-state index in [0.717, 1.165) is 29.7 Å². The third-order valence-electron chi connectivity index (χ3n) is 5.42. The Bertz CT molecular complexity index is 1230. The number of rotatable bonds is 4. The van der Waals surface area contributed by atoms with Crippen LogP contribution in [0.1, 0.15) is 40.0 Å². The number of hydrogen-bond acceptors (Lipinski definition) is 5. The number of H-pyrrole nitrogens is 1. The lowest BCUT2D eigenvalue weighted by Gasteiger charge is -2.26. The summed E-state index contributed by atoms with van der Waals surface area (Å²) in [6, 6.07) is 20.1. The standard InChI is InChI=1S/C13H10N4O.C12H16N2O/c14-13(18)9-5-2-1-4-8(9)11-12-10(16-17-11)6-3-7-15-12;15-12(11-7-3-1-4-8-11)13-14-9-5-2-6-10-14/h1-7H,(H2,14,18)(H,16,17);1,3-4,7-8H,2,5-6,9-10H2,(H,13,15). The molecule has 1 saturated heterocycles. The van der Waals surface area contributed by atoms with Gasteiger partial charge in [0.15, 0.2) is 0 Å². The molecule has 8 heteroatoms. The van der Waals surface area contributed by atoms with E-state index in [0.29, 0.717) is 16.8 Å². The zero-order chi connectivity index (χ0) is 23.0. The molecule has 1 fully saturated rings. The summed E-state index contributed by atoms with van der Waals surface area (Å²) < 4.78 is 0. The van der Waals surface area contributed by atoms with Crippen molar-refractivity contribution in [1.29, 1.82) is 0 Å². The van der Waals surface area contributed by atoms with E-state index in [2.05, 4.69) is 20.6 Å². The molecule has 0 bridgehead atoms. The first kappa shape index (κ1) is 22.2. The van der Waals surface area contributed by atoms with Gasteiger partial charge >= 0.3 is 0 Å². The van der Waals surface area contributed by atoms with Gasteiger partial charge in [0, 0.05) is 36.0 Å². The van der Waals surface area contributed by atoms with Crippen molar-refractivity contribution in [1.82, 2.24) is 25.6 Å². The fourth-order valence-electron chi connectivity index (χ4n) is 3.75. The van der Waals surface area contributed by atoms with Gasteiger partial charge in [-0.2, -0.15) is 5.10 Å². The van der Waals surface area contributed by atoms with Gasteiger partial charge in [-0.05, 0) is 43.2 Å². The summed E-state index contributed by atoms with van der Waals surface area (Å²) in [5.41, 5.74) is 12.3. The number of aromatic amines is 1. The van der Waals surface area contributed by atoms with Gasteiger partial charge in [0.25, 0.3) is 5.91 Å². The zero-order valence-corrected chi connectivity index (χ0v) is 18.2. The van der Waals surface area contributed by atoms with E-state index in [1.165, 1.54) is 19.3 Å². The monoisotopic (exact) mass is 442 g/mol. The van der Waals surface area contributed by atoms with E-state index in [1.807, 2.05) is 59.6 Å². The Balaban J connectivity index is 0.000000160. The Morgan fingerprint density at radius 2 is 1.64 bits per heavy atom. The van der Waals surface area contributed by atoms with Crippen LogP contribution in [0, 0.1) is 0 Å². The Hall–Kier alpha value is -4.04. The number of hydrazine groups is 1. The Kier molecular flexibility index (Phi) is 7.06. The molecule has 2 amide bonds. The number of nitrogens with two attached hydrogens (primary N) is 1. The first-order valence-corrected chi connectivity index (χ1v) is 10.9. The number of pyridine rings is 1. The van der Waals surface area contributed by atoms with Crippen molar-refractivity contribution in [2.45, 2.75) is 19.3 Å². The van der Waals surface area contributed by atoms with E-state index < -0.39 is 5.91 Å². The second-order valence-corrected chi connectivity index (χ2v) is 7.74. The summed E-state index contributed by atoms with van der Waals surface area (Å²) in [6.07, 6.45) is 5.32. The second kappa shape index (κ2) is 10.5. The van der Waals surface area contributed by atoms with E-state index >= 15 is 0 Å². The smallest absolute Gasteiger partial charge is 0.265 e. The van der Waals surface area contributed by atoms with Gasteiger partial charge in [0.1, 0.15) is 11.2 Å². The van der Waals surface area contributed by atoms with Crippen molar-refractivity contribution in [2.75, 3.05) is 13.1 Å². The quantitative estimate of drug-likeness (QED) is 0.447. The van der Waals surface area contributed by atoms with Crippen molar-refractivity contribution >= 4 is 22.8 Å². The molecule has 4 N–H and O–H groups in total. The lowest BCUT2D eigenvalue weighted by atomic mass is 10.0. The summed E-state index contributed by atoms with van der Waals surface area (Å²) >= 11 is 0. The number of hydrogen-bond donors (Lipinski definition) is 3. The van der Waals surface area contributed by atoms with Crippen LogP contribution in [-0.2, 0) is 0 Å². The predicted octanol–water partition coefficient (Wildman–Crippen LogP) is 3.54. The minimum atomic E-state index is -0.474. The number of nitrogens with zero attached hydrogens (tertiary/aromatic N) is 3. The van der Waals surface area contributed by atoms with Crippen LogP contribution in [0.3, 0.4) is 0 Å². The molecule has 33 heavy (non-hydrogen) atoms. The largest absolute Gasteiger partial charge is 0.366 e. The summed E-state index contributed by atoms with van der Waals surface area (Å²) in [7, 11) is 0. The Morgan fingerprint density at radius 1 is 0.909 bits per heavy atom. The molecule has 0 unspecified atom stereocenters. The molecule has 8 nitrogen and oxygen atoms in total. The van der Waals surface area contributed by atoms with Crippen LogP contribution in [0.4, 0.5) is 0 Å². The molecule has 0 radical (unpaired) electrons. The lowest BCUT2D eigenvalue weighted by Crippen LogP contribution is -2.44. The maximum absolute atomic E-state index is 11.8. The van der Waals surface area contributed by atoms with Crippen LogP contribution < -0.4 is 11.2 Å². The van der Waals surface area contributed by atoms with Crippen molar-refractivity contribution in [3.05, 3.63) is 84.1 Å². The van der Waals surface area contributed by atoms with Crippen LogP contribution in [0.15, 0.2) is 72.9 Å². The van der Waals surface area contributed by atoms with Gasteiger partial charge in [0.2, 0.25) is 5.91 Å². The third kappa shape index (κ3) is 5.42. The average molecular weight is 443 g/mol. The Morgan fingerprint density at radius 3 is 2.39 bits per heavy atom. The summed E-state index contributed by atoms with van der Waals surface area (Å²) in [5, 5.41) is 9.11. The number of piperidine rings is 1. The van der Waals surface area contributed by atoms with Crippen molar-refractivity contribution in [3.8, 4) is 11.3 Å². The molecule has 1 aliphatic rings. The summed E-state index contributed by atoms with van der Waals surface area (Å²) in [5.74, 6) is -0.477. The highest BCUT2D eigenvalue weighted by atomic mass is 16.2. The van der Waals surface area contributed by atoms with Gasteiger partial charge < -0.3 is 5.73 Å². The number of nitrogens with one attached hydrogen (secondary N) is 2. The highest BCUT2D eigenvalue weighted by Gasteiger charge is 2.15. The minimum Gasteiger partial charge on any atom is -0.366 e. The third-order valence-corrected chi connectivity index (χ3v) is 5.42. The topological polar surface area (TPSA) is 117 Å². The van der Waals surface area contributed by atoms with Crippen molar-refractivity contribution in [3.63, 3.8) is 0 Å². The predicted molar refractivity (Wildman–Crippen MR) is 127 cm³/mol. The molecular weight excluding hydrogens is 416 g/mol. The van der Waals surface area contributed by atoms with Crippen LogP contribution in [0.5, 0.6) is 0 Å². The molecule has 0 aliphatic carbocycles. The zero-order valence-electron chi connectivity index (χ0n) is 18.2. The SMILES string of the molecule is NC(=O)c1ccccc1-c1n[nH]c2cccnc12.O=C(NN1CCCCC1)c1ccccc1. The minimum absolute atomic E-state index is 0.00231. The van der Waals surface area contributed by atoms with Gasteiger partial charge in [0.05, 0.1) is 5.52 Å². The molecular formula is C25H26N6O2. The molecule has 4 aromatic rings. The van der Waals surface area contributed by atoms with Crippen molar-refractivity contribution in [2.24, 2.45) is 5.73 Å². The van der Waals surface area contributed by atoms with E-state index in [9.17, 15) is 9.59 Å². The number of fused-ring (bicyclic) bond motifs is 1. The molecule has 2 aromatic heterocycles. The molecule has 1 aliphatic heterocycles. The van der Waals surface area contributed by atoms with Gasteiger partial charge in [-0.3, -0.25) is 25.1 Å². The normalized spacial score (nSPS) is 13.7. The van der Waals surface area contributed by atoms with Crippen LogP contribution in [0.2, 0.25) is 0 Å². The molecule has 3 heterocycles. The van der Waals surface area contributed by atoms with E-state index in [-0.39, 0.29) is 5.91 Å². The average Bonchev–Trinajstić information content (AvgIpc) is 3.30. The van der Waals surface area contributed by atoms with Gasteiger partial charge in [-0.1, -0.05) is 42.8 Å². The second-order valence-electron chi connectivity index (χ2n) is 7.74. The highest BCUT2D eigenvalue weighted by molar-refractivity contribution is 6.02. The number of aromatic nitrogens is 3. The fraction of sp³-hybridized carbons (Fsp3) is 0.200. The molecule has 2 aromatic carbocycles. The maximum Gasteiger partial charge on any atom is 0.265 e. The number of benzene rings is 2. The first-order chi connectivity index (χ1) is 16.1. The molecule has 0 spiro atoms. The van der Waals surface area contributed by atoms with Crippen LogP contribution in [0.25, 0.3) is 22.3 Å². The van der Waals surface area contributed by atoms with E-state index in [4.69, 9.17) is 5.73 Å². The number of carbonyl (C=O) groups excluding carboxylic acids is 2. The number of carbonyl (C=O) groups is 2. The van der Waals surface area contributed by atoms with E-state index in [1.54, 1.807) is 18.3 Å². The van der Waals surface area contributed by atoms with Crippen LogP contribution in [-0.4, -0.2) is 45.1 Å². The number of primary amides is 1. The lowest BCUT2D eigenvalue weighted by molar-refractivity contribution is 0.0750. The summed E-state index contributed by atoms with van der Waals surface area (Å²) in [4.78, 5) is 27.4. The molecule has 5 rings (SSSR count). The fourth-order valence-corrected chi connectivity index (χ4v) is 3.75. The van der Waals surface area contributed by atoms with Gasteiger partial charge in [-0.15, -0.1) is 0 Å². The van der Waals surface area contributed by atoms with Crippen LogP contribution >= 0.6 is 0 Å². The van der Waals surface area contributed by atoms with Gasteiger partial charge in [-0.25, -0.2) is 5.01 Å². The maximum atomic E-state index is 11.8. The molecule has 0 atom stereocenters. The van der Waals surface area contributed by atoms with Crippen molar-refractivity contribution < 1.29 is 9.59 Å². The Labute approximate surface area is 191 Å². The summed E-state index contributed by atoms with van der Waals surface area (Å²) in [6.45, 7) is 1.94.